The minimum atomic E-state index is -0.349. The van der Waals surface area contributed by atoms with Gasteiger partial charge in [0.2, 0.25) is 5.89 Å². The number of benzene rings is 1. The molecule has 1 heterocycles. The van der Waals surface area contributed by atoms with Crippen molar-refractivity contribution in [3.63, 3.8) is 0 Å². The molecule has 2 rings (SSSR count). The van der Waals surface area contributed by atoms with Crippen LogP contribution in [0.5, 0.6) is 5.75 Å². The first kappa shape index (κ1) is 12.2. The lowest BCUT2D eigenvalue weighted by Gasteiger charge is -2.10. The Bertz CT molecular complexity index is 502. The molecule has 1 aromatic heterocycles. The molecule has 0 bridgehead atoms. The first-order chi connectivity index (χ1) is 8.19. The number of hydrogen-bond donors (Lipinski definition) is 0. The molecular weight excluding hydrogens is 263 g/mol. The Morgan fingerprint density at radius 3 is 2.88 bits per heavy atom. The molecule has 0 amide bonds. The van der Waals surface area contributed by atoms with Gasteiger partial charge in [0.25, 0.3) is 5.89 Å². The van der Waals surface area contributed by atoms with Gasteiger partial charge < -0.3 is 9.15 Å². The maximum absolute atomic E-state index is 5.85. The standard InChI is InChI=1S/C11H10Cl2N2O2/c1-7(11-15-14-10(6-12)17-11)16-9-4-2-3-8(13)5-9/h2-5,7H,6H2,1H3. The molecule has 0 aliphatic carbocycles. The van der Waals surface area contributed by atoms with Crippen LogP contribution in [0.1, 0.15) is 24.8 Å². The van der Waals surface area contributed by atoms with Gasteiger partial charge in [0.1, 0.15) is 11.6 Å². The quantitative estimate of drug-likeness (QED) is 0.798. The van der Waals surface area contributed by atoms with E-state index in [9.17, 15) is 0 Å². The van der Waals surface area contributed by atoms with Crippen molar-refractivity contribution in [3.05, 3.63) is 41.1 Å². The third-order valence-electron chi connectivity index (χ3n) is 2.05. The van der Waals surface area contributed by atoms with E-state index < -0.39 is 0 Å². The van der Waals surface area contributed by atoms with E-state index in [0.29, 0.717) is 22.6 Å². The number of aromatic nitrogens is 2. The van der Waals surface area contributed by atoms with Crippen LogP contribution in [0.15, 0.2) is 28.7 Å². The van der Waals surface area contributed by atoms with Gasteiger partial charge in [0.05, 0.1) is 0 Å². The molecule has 0 fully saturated rings. The van der Waals surface area contributed by atoms with Crippen molar-refractivity contribution in [2.75, 3.05) is 0 Å². The van der Waals surface area contributed by atoms with Crippen molar-refractivity contribution < 1.29 is 9.15 Å². The molecule has 0 saturated heterocycles. The predicted molar refractivity (Wildman–Crippen MR) is 64.4 cm³/mol. The van der Waals surface area contributed by atoms with Gasteiger partial charge in [-0.05, 0) is 25.1 Å². The van der Waals surface area contributed by atoms with E-state index in [1.54, 1.807) is 18.2 Å². The van der Waals surface area contributed by atoms with Crippen LogP contribution < -0.4 is 4.74 Å². The Kier molecular flexibility index (Phi) is 3.86. The van der Waals surface area contributed by atoms with Crippen molar-refractivity contribution in [3.8, 4) is 5.75 Å². The minimum absolute atomic E-state index is 0.191. The summed E-state index contributed by atoms with van der Waals surface area (Å²) in [5.74, 6) is 1.61. The van der Waals surface area contributed by atoms with E-state index in [1.165, 1.54) is 0 Å². The largest absolute Gasteiger partial charge is 0.481 e. The van der Waals surface area contributed by atoms with Crippen LogP contribution in [0.3, 0.4) is 0 Å². The summed E-state index contributed by atoms with van der Waals surface area (Å²) in [5, 5.41) is 8.22. The number of ether oxygens (including phenoxy) is 1. The van der Waals surface area contributed by atoms with Gasteiger partial charge in [-0.3, -0.25) is 0 Å². The maximum Gasteiger partial charge on any atom is 0.256 e. The van der Waals surface area contributed by atoms with E-state index in [-0.39, 0.29) is 12.0 Å². The molecule has 17 heavy (non-hydrogen) atoms. The summed E-state index contributed by atoms with van der Waals surface area (Å²) in [6, 6.07) is 7.11. The van der Waals surface area contributed by atoms with Gasteiger partial charge >= 0.3 is 0 Å². The Hall–Kier alpha value is -1.26. The summed E-state index contributed by atoms with van der Waals surface area (Å²) in [6.45, 7) is 1.81. The number of hydrogen-bond acceptors (Lipinski definition) is 4. The van der Waals surface area contributed by atoms with E-state index in [1.807, 2.05) is 13.0 Å². The van der Waals surface area contributed by atoms with E-state index in [4.69, 9.17) is 32.4 Å². The lowest BCUT2D eigenvalue weighted by atomic mass is 10.3. The minimum Gasteiger partial charge on any atom is -0.481 e. The highest BCUT2D eigenvalue weighted by molar-refractivity contribution is 6.30. The SMILES string of the molecule is CC(Oc1cccc(Cl)c1)c1nnc(CCl)o1. The molecular formula is C11H10Cl2N2O2. The second-order valence-corrected chi connectivity index (χ2v) is 4.09. The van der Waals surface area contributed by atoms with Crippen LogP contribution in [0.2, 0.25) is 5.02 Å². The zero-order valence-corrected chi connectivity index (χ0v) is 10.6. The molecule has 1 atom stereocenters. The van der Waals surface area contributed by atoms with Gasteiger partial charge in [-0.2, -0.15) is 0 Å². The average molecular weight is 273 g/mol. The van der Waals surface area contributed by atoms with Crippen molar-refractivity contribution in [1.29, 1.82) is 0 Å². The van der Waals surface area contributed by atoms with Gasteiger partial charge in [-0.1, -0.05) is 17.7 Å². The first-order valence-corrected chi connectivity index (χ1v) is 5.90. The third kappa shape index (κ3) is 3.11. The Labute approximate surface area is 109 Å². The fourth-order valence-electron chi connectivity index (χ4n) is 1.28. The Morgan fingerprint density at radius 2 is 2.24 bits per heavy atom. The predicted octanol–water partition coefficient (Wildman–Crippen LogP) is 3.60. The molecule has 6 heteroatoms. The number of alkyl halides is 1. The summed E-state index contributed by atoms with van der Waals surface area (Å²) in [6.07, 6.45) is -0.349. The summed E-state index contributed by atoms with van der Waals surface area (Å²) in [5.41, 5.74) is 0. The summed E-state index contributed by atoms with van der Waals surface area (Å²) >= 11 is 11.4. The molecule has 0 N–H and O–H groups in total. The first-order valence-electron chi connectivity index (χ1n) is 4.99. The lowest BCUT2D eigenvalue weighted by Crippen LogP contribution is -2.03. The highest BCUT2D eigenvalue weighted by Crippen LogP contribution is 2.23. The fourth-order valence-corrected chi connectivity index (χ4v) is 1.57. The van der Waals surface area contributed by atoms with Gasteiger partial charge in [0, 0.05) is 5.02 Å². The number of halogens is 2. The van der Waals surface area contributed by atoms with Crippen LogP contribution in [-0.2, 0) is 5.88 Å². The molecule has 2 aromatic rings. The van der Waals surface area contributed by atoms with Gasteiger partial charge in [0.15, 0.2) is 6.10 Å². The van der Waals surface area contributed by atoms with Crippen molar-refractivity contribution in [1.82, 2.24) is 10.2 Å². The summed E-state index contributed by atoms with van der Waals surface area (Å²) in [4.78, 5) is 0. The second kappa shape index (κ2) is 5.38. The summed E-state index contributed by atoms with van der Waals surface area (Å²) < 4.78 is 10.9. The average Bonchev–Trinajstić information content (AvgIpc) is 2.77. The van der Waals surface area contributed by atoms with E-state index >= 15 is 0 Å². The number of nitrogens with zero attached hydrogens (tertiary/aromatic N) is 2. The second-order valence-electron chi connectivity index (χ2n) is 3.39. The lowest BCUT2D eigenvalue weighted by molar-refractivity contribution is 0.187. The molecule has 0 spiro atoms. The highest BCUT2D eigenvalue weighted by atomic mass is 35.5. The molecule has 1 unspecified atom stereocenters. The van der Waals surface area contributed by atoms with Crippen LogP contribution in [0, 0.1) is 0 Å². The van der Waals surface area contributed by atoms with Gasteiger partial charge in [-0.25, -0.2) is 0 Å². The number of rotatable bonds is 4. The van der Waals surface area contributed by atoms with Crippen LogP contribution in [0.4, 0.5) is 0 Å². The van der Waals surface area contributed by atoms with E-state index in [2.05, 4.69) is 10.2 Å². The van der Waals surface area contributed by atoms with Crippen molar-refractivity contribution >= 4 is 23.2 Å². The molecule has 90 valence electrons. The smallest absolute Gasteiger partial charge is 0.256 e. The normalized spacial score (nSPS) is 12.4. The van der Waals surface area contributed by atoms with Crippen molar-refractivity contribution in [2.45, 2.75) is 18.9 Å². The monoisotopic (exact) mass is 272 g/mol. The van der Waals surface area contributed by atoms with Gasteiger partial charge in [-0.15, -0.1) is 21.8 Å². The Balaban J connectivity index is 2.08. The Morgan fingerprint density at radius 1 is 1.41 bits per heavy atom. The fraction of sp³-hybridized carbons (Fsp3) is 0.273. The molecule has 1 aromatic carbocycles. The molecule has 0 aliphatic rings. The third-order valence-corrected chi connectivity index (χ3v) is 2.52. The van der Waals surface area contributed by atoms with Crippen LogP contribution >= 0.6 is 23.2 Å². The highest BCUT2D eigenvalue weighted by Gasteiger charge is 2.15. The van der Waals surface area contributed by atoms with Crippen LogP contribution in [0.25, 0.3) is 0 Å². The topological polar surface area (TPSA) is 48.2 Å². The zero-order valence-electron chi connectivity index (χ0n) is 9.06. The zero-order chi connectivity index (χ0) is 12.3. The molecule has 4 nitrogen and oxygen atoms in total. The molecule has 0 saturated carbocycles. The van der Waals surface area contributed by atoms with E-state index in [0.717, 1.165) is 0 Å². The maximum atomic E-state index is 5.85. The van der Waals surface area contributed by atoms with Crippen LogP contribution in [-0.4, -0.2) is 10.2 Å². The molecule has 0 aliphatic heterocycles. The molecule has 0 radical (unpaired) electrons. The summed E-state index contributed by atoms with van der Waals surface area (Å²) in [7, 11) is 0. The van der Waals surface area contributed by atoms with Crippen molar-refractivity contribution in [2.24, 2.45) is 0 Å².